The molecule has 1 aromatic rings. The summed E-state index contributed by atoms with van der Waals surface area (Å²) in [5.74, 6) is 0.0148. The van der Waals surface area contributed by atoms with Crippen molar-refractivity contribution in [1.82, 2.24) is 5.32 Å². The average Bonchev–Trinajstić information content (AvgIpc) is 2.74. The first-order chi connectivity index (χ1) is 7.58. The second-order valence-corrected chi connectivity index (χ2v) is 4.50. The van der Waals surface area contributed by atoms with Crippen molar-refractivity contribution >= 4 is 33.8 Å². The number of amides is 1. The fourth-order valence-electron chi connectivity index (χ4n) is 1.05. The fraction of sp³-hybridized carbons (Fsp3) is 0.444. The number of nitrogens with one attached hydrogen (secondary N) is 1. The van der Waals surface area contributed by atoms with Crippen LogP contribution < -0.4 is 5.32 Å². The van der Waals surface area contributed by atoms with Crippen LogP contribution in [0.1, 0.15) is 23.0 Å². The van der Waals surface area contributed by atoms with E-state index in [2.05, 4.69) is 5.32 Å². The first-order valence-electron chi connectivity index (χ1n) is 4.69. The van der Waals surface area contributed by atoms with E-state index >= 15 is 0 Å². The number of thiophene rings is 1. The van der Waals surface area contributed by atoms with E-state index in [9.17, 15) is 14.9 Å². The third kappa shape index (κ3) is 3.18. The van der Waals surface area contributed by atoms with Crippen molar-refractivity contribution in [2.75, 3.05) is 5.88 Å². The topological polar surface area (TPSA) is 72.2 Å². The molecule has 0 bridgehead atoms. The fourth-order valence-corrected chi connectivity index (χ4v) is 2.07. The summed E-state index contributed by atoms with van der Waals surface area (Å²) in [6, 6.07) is 2.66. The van der Waals surface area contributed by atoms with Gasteiger partial charge in [0.2, 0.25) is 0 Å². The van der Waals surface area contributed by atoms with Crippen LogP contribution in [-0.2, 0) is 0 Å². The number of nitrogens with zero attached hydrogens (tertiary/aromatic N) is 1. The van der Waals surface area contributed by atoms with Gasteiger partial charge in [0.1, 0.15) is 0 Å². The zero-order valence-electron chi connectivity index (χ0n) is 8.60. The SMILES string of the molecule is CCC(CCl)NC(=O)c1ccc([N+](=O)[O-])s1. The second-order valence-electron chi connectivity index (χ2n) is 3.13. The lowest BCUT2D eigenvalue weighted by atomic mass is 10.2. The van der Waals surface area contributed by atoms with Crippen molar-refractivity contribution < 1.29 is 9.72 Å². The van der Waals surface area contributed by atoms with Crippen LogP contribution in [0.3, 0.4) is 0 Å². The summed E-state index contributed by atoms with van der Waals surface area (Å²) in [7, 11) is 0. The lowest BCUT2D eigenvalue weighted by Gasteiger charge is -2.12. The Hall–Kier alpha value is -1.14. The summed E-state index contributed by atoms with van der Waals surface area (Å²) in [6.07, 6.45) is 0.725. The van der Waals surface area contributed by atoms with Crippen molar-refractivity contribution in [3.63, 3.8) is 0 Å². The van der Waals surface area contributed by atoms with Crippen molar-refractivity contribution in [2.24, 2.45) is 0 Å². The molecule has 1 rings (SSSR count). The summed E-state index contributed by atoms with van der Waals surface area (Å²) in [5, 5.41) is 13.1. The normalized spacial score (nSPS) is 12.1. The monoisotopic (exact) mass is 262 g/mol. The molecule has 5 nitrogen and oxygen atoms in total. The van der Waals surface area contributed by atoms with Crippen molar-refractivity contribution in [3.8, 4) is 0 Å². The maximum Gasteiger partial charge on any atom is 0.324 e. The lowest BCUT2D eigenvalue weighted by Crippen LogP contribution is -2.35. The number of nitro groups is 1. The Balaban J connectivity index is 2.69. The van der Waals surface area contributed by atoms with Crippen LogP contribution in [0.15, 0.2) is 12.1 Å². The van der Waals surface area contributed by atoms with Gasteiger partial charge in [-0.05, 0) is 12.5 Å². The van der Waals surface area contributed by atoms with Gasteiger partial charge in [-0.25, -0.2) is 0 Å². The summed E-state index contributed by atoms with van der Waals surface area (Å²) in [5.41, 5.74) is 0. The molecule has 7 heteroatoms. The van der Waals surface area contributed by atoms with Crippen molar-refractivity contribution in [1.29, 1.82) is 0 Å². The molecular formula is C9H11ClN2O3S. The Morgan fingerprint density at radius 1 is 1.69 bits per heavy atom. The Kier molecular flexibility index (Phi) is 4.70. The largest absolute Gasteiger partial charge is 0.347 e. The predicted octanol–water partition coefficient (Wildman–Crippen LogP) is 2.40. The number of hydrogen-bond acceptors (Lipinski definition) is 4. The van der Waals surface area contributed by atoms with Crippen molar-refractivity contribution in [2.45, 2.75) is 19.4 Å². The Bertz CT molecular complexity index is 390. The van der Waals surface area contributed by atoms with E-state index in [1.165, 1.54) is 12.1 Å². The van der Waals surface area contributed by atoms with Crippen molar-refractivity contribution in [3.05, 3.63) is 27.1 Å². The molecule has 0 spiro atoms. The molecule has 0 fully saturated rings. The second kappa shape index (κ2) is 5.81. The van der Waals surface area contributed by atoms with E-state index in [-0.39, 0.29) is 17.0 Å². The highest BCUT2D eigenvalue weighted by Gasteiger charge is 2.17. The zero-order valence-corrected chi connectivity index (χ0v) is 10.2. The molecule has 1 unspecified atom stereocenters. The molecule has 0 aromatic carbocycles. The lowest BCUT2D eigenvalue weighted by molar-refractivity contribution is -0.380. The molecule has 1 heterocycles. The van der Waals surface area contributed by atoms with Gasteiger partial charge in [-0.3, -0.25) is 14.9 Å². The van der Waals surface area contributed by atoms with Gasteiger partial charge < -0.3 is 5.32 Å². The molecule has 1 amide bonds. The molecule has 88 valence electrons. The van der Waals surface area contributed by atoms with E-state index in [0.717, 1.165) is 17.8 Å². The van der Waals surface area contributed by atoms with Crippen LogP contribution in [0.2, 0.25) is 0 Å². The Morgan fingerprint density at radius 2 is 2.38 bits per heavy atom. The van der Waals surface area contributed by atoms with Gasteiger partial charge in [0.05, 0.1) is 9.80 Å². The molecule has 1 atom stereocenters. The van der Waals surface area contributed by atoms with Gasteiger partial charge in [0.25, 0.3) is 5.91 Å². The molecule has 0 saturated carbocycles. The summed E-state index contributed by atoms with van der Waals surface area (Å²) in [6.45, 7) is 1.91. The highest BCUT2D eigenvalue weighted by atomic mass is 35.5. The maximum absolute atomic E-state index is 11.6. The van der Waals surface area contributed by atoms with Crippen LogP contribution >= 0.6 is 22.9 Å². The average molecular weight is 263 g/mol. The van der Waals surface area contributed by atoms with Crippen LogP contribution in [0.4, 0.5) is 5.00 Å². The smallest absolute Gasteiger partial charge is 0.324 e. The summed E-state index contributed by atoms with van der Waals surface area (Å²) < 4.78 is 0. The standard InChI is InChI=1S/C9H11ClN2O3S/c1-2-6(5-10)11-9(13)7-3-4-8(16-7)12(14)15/h3-4,6H,2,5H2,1H3,(H,11,13). The third-order valence-electron chi connectivity index (χ3n) is 2.01. The number of alkyl halides is 1. The Morgan fingerprint density at radius 3 is 2.81 bits per heavy atom. The number of carbonyl (C=O) groups excluding carboxylic acids is 1. The highest BCUT2D eigenvalue weighted by Crippen LogP contribution is 2.23. The molecule has 1 aromatic heterocycles. The minimum Gasteiger partial charge on any atom is -0.347 e. The molecule has 0 radical (unpaired) electrons. The molecule has 1 N–H and O–H groups in total. The number of rotatable bonds is 5. The van der Waals surface area contributed by atoms with Crippen LogP contribution in [0, 0.1) is 10.1 Å². The van der Waals surface area contributed by atoms with E-state index < -0.39 is 4.92 Å². The summed E-state index contributed by atoms with van der Waals surface area (Å²) >= 11 is 6.49. The number of hydrogen-bond donors (Lipinski definition) is 1. The van der Waals surface area contributed by atoms with Crippen LogP contribution in [-0.4, -0.2) is 22.8 Å². The van der Waals surface area contributed by atoms with Crippen LogP contribution in [0.25, 0.3) is 0 Å². The zero-order chi connectivity index (χ0) is 12.1. The molecule has 0 aliphatic rings. The van der Waals surface area contributed by atoms with E-state index in [0.29, 0.717) is 10.8 Å². The number of carbonyl (C=O) groups is 1. The molecule has 0 aliphatic heterocycles. The predicted molar refractivity (Wildman–Crippen MR) is 63.2 cm³/mol. The van der Waals surface area contributed by atoms with E-state index in [1.54, 1.807) is 0 Å². The van der Waals surface area contributed by atoms with Crippen LogP contribution in [0.5, 0.6) is 0 Å². The van der Waals surface area contributed by atoms with Gasteiger partial charge >= 0.3 is 5.00 Å². The Labute approximate surface area is 102 Å². The maximum atomic E-state index is 11.6. The minimum atomic E-state index is -0.514. The molecule has 16 heavy (non-hydrogen) atoms. The first kappa shape index (κ1) is 12.9. The summed E-state index contributed by atoms with van der Waals surface area (Å²) in [4.78, 5) is 21.9. The quantitative estimate of drug-likeness (QED) is 0.503. The molecular weight excluding hydrogens is 252 g/mol. The highest BCUT2D eigenvalue weighted by molar-refractivity contribution is 7.17. The van der Waals surface area contributed by atoms with Gasteiger partial charge in [-0.1, -0.05) is 18.3 Å². The number of halogens is 1. The van der Waals surface area contributed by atoms with Gasteiger partial charge in [-0.15, -0.1) is 11.6 Å². The minimum absolute atomic E-state index is 0.0379. The third-order valence-corrected chi connectivity index (χ3v) is 3.42. The first-order valence-corrected chi connectivity index (χ1v) is 6.04. The van der Waals surface area contributed by atoms with E-state index in [1.807, 2.05) is 6.92 Å². The van der Waals surface area contributed by atoms with E-state index in [4.69, 9.17) is 11.6 Å². The van der Waals surface area contributed by atoms with Gasteiger partial charge in [0.15, 0.2) is 0 Å². The van der Waals surface area contributed by atoms with Gasteiger partial charge in [0, 0.05) is 18.0 Å². The van der Waals surface area contributed by atoms with Gasteiger partial charge in [-0.2, -0.15) is 0 Å². The molecule has 0 saturated heterocycles. The molecule has 0 aliphatic carbocycles.